The fraction of sp³-hybridized carbons (Fsp3) is 0.471. The van der Waals surface area contributed by atoms with Crippen LogP contribution in [-0.4, -0.2) is 54.3 Å². The summed E-state index contributed by atoms with van der Waals surface area (Å²) in [6.45, 7) is 0.570. The summed E-state index contributed by atoms with van der Waals surface area (Å²) in [4.78, 5) is 39.0. The zero-order valence-electron chi connectivity index (χ0n) is 14.4. The number of nitrogens with one attached hydrogen (secondary N) is 1. The van der Waals surface area contributed by atoms with Crippen molar-refractivity contribution in [2.75, 3.05) is 26.0 Å². The molecule has 0 bridgehead atoms. The molecule has 8 heteroatoms. The van der Waals surface area contributed by atoms with Gasteiger partial charge in [-0.15, -0.1) is 0 Å². The molecule has 136 valence electrons. The van der Waals surface area contributed by atoms with E-state index in [1.165, 1.54) is 4.90 Å². The summed E-state index contributed by atoms with van der Waals surface area (Å²) in [6.07, 6.45) is 2.75. The molecule has 0 aliphatic carbocycles. The minimum Gasteiger partial charge on any atom is -0.370 e. The fourth-order valence-corrected chi connectivity index (χ4v) is 3.11. The molecule has 4 amide bonds. The first-order valence-corrected chi connectivity index (χ1v) is 8.54. The third-order valence-electron chi connectivity index (χ3n) is 4.18. The van der Waals surface area contributed by atoms with Crippen LogP contribution in [0.3, 0.4) is 0 Å². The van der Waals surface area contributed by atoms with Crippen LogP contribution in [0.15, 0.2) is 18.2 Å². The SMILES string of the molecule is CN(C)C(=O)c1cc(NC(=O)N2CCCC[C@@H]2CC(N)=O)ccc1Cl. The zero-order valence-corrected chi connectivity index (χ0v) is 15.2. The van der Waals surface area contributed by atoms with Gasteiger partial charge in [-0.05, 0) is 37.5 Å². The van der Waals surface area contributed by atoms with Crippen LogP contribution in [-0.2, 0) is 4.79 Å². The van der Waals surface area contributed by atoms with Gasteiger partial charge in [0.05, 0.1) is 10.6 Å². The number of benzene rings is 1. The van der Waals surface area contributed by atoms with Gasteiger partial charge < -0.3 is 20.9 Å². The second kappa shape index (κ2) is 8.20. The quantitative estimate of drug-likeness (QED) is 0.855. The molecule has 1 aromatic rings. The van der Waals surface area contributed by atoms with E-state index in [9.17, 15) is 14.4 Å². The normalized spacial score (nSPS) is 17.1. The lowest BCUT2D eigenvalue weighted by Crippen LogP contribution is -2.47. The maximum Gasteiger partial charge on any atom is 0.322 e. The van der Waals surface area contributed by atoms with Crippen molar-refractivity contribution in [2.24, 2.45) is 5.73 Å². The highest BCUT2D eigenvalue weighted by atomic mass is 35.5. The predicted molar refractivity (Wildman–Crippen MR) is 96.6 cm³/mol. The molecule has 1 aliphatic heterocycles. The molecule has 3 N–H and O–H groups in total. The molecule has 1 atom stereocenters. The van der Waals surface area contributed by atoms with Gasteiger partial charge in [0, 0.05) is 38.8 Å². The van der Waals surface area contributed by atoms with Gasteiger partial charge in [0.25, 0.3) is 5.91 Å². The third kappa shape index (κ3) is 4.85. The first-order chi connectivity index (χ1) is 11.8. The number of carbonyl (C=O) groups excluding carboxylic acids is 3. The molecule has 1 aliphatic rings. The summed E-state index contributed by atoms with van der Waals surface area (Å²) in [6, 6.07) is 4.26. The molecule has 0 aromatic heterocycles. The number of carbonyl (C=O) groups is 3. The molecule has 0 radical (unpaired) electrons. The number of piperidine rings is 1. The smallest absolute Gasteiger partial charge is 0.322 e. The average molecular weight is 367 g/mol. The number of hydrogen-bond acceptors (Lipinski definition) is 3. The highest BCUT2D eigenvalue weighted by Gasteiger charge is 2.28. The van der Waals surface area contributed by atoms with Crippen molar-refractivity contribution in [1.82, 2.24) is 9.80 Å². The maximum absolute atomic E-state index is 12.6. The zero-order chi connectivity index (χ0) is 18.6. The van der Waals surface area contributed by atoms with E-state index in [-0.39, 0.29) is 24.4 Å². The Hall–Kier alpha value is -2.28. The lowest BCUT2D eigenvalue weighted by Gasteiger charge is -2.35. The lowest BCUT2D eigenvalue weighted by molar-refractivity contribution is -0.119. The molecule has 0 unspecified atom stereocenters. The molecule has 1 aromatic carbocycles. The van der Waals surface area contributed by atoms with Gasteiger partial charge in [0.1, 0.15) is 0 Å². The number of urea groups is 1. The van der Waals surface area contributed by atoms with Gasteiger partial charge in [-0.1, -0.05) is 11.6 Å². The first-order valence-electron chi connectivity index (χ1n) is 8.16. The van der Waals surface area contributed by atoms with Gasteiger partial charge in [-0.3, -0.25) is 9.59 Å². The molecular weight excluding hydrogens is 344 g/mol. The number of hydrogen-bond donors (Lipinski definition) is 2. The number of nitrogens with two attached hydrogens (primary N) is 1. The number of anilines is 1. The Bertz CT molecular complexity index is 678. The van der Waals surface area contributed by atoms with Gasteiger partial charge in [0.15, 0.2) is 0 Å². The summed E-state index contributed by atoms with van der Waals surface area (Å²) in [5, 5.41) is 3.10. The van der Waals surface area contributed by atoms with Crippen molar-refractivity contribution < 1.29 is 14.4 Å². The molecule has 1 fully saturated rings. The number of amides is 4. The second-order valence-electron chi connectivity index (χ2n) is 6.34. The minimum absolute atomic E-state index is 0.151. The van der Waals surface area contributed by atoms with E-state index in [1.807, 2.05) is 0 Å². The average Bonchev–Trinajstić information content (AvgIpc) is 2.55. The Morgan fingerprint density at radius 2 is 2.04 bits per heavy atom. The van der Waals surface area contributed by atoms with Crippen molar-refractivity contribution in [2.45, 2.75) is 31.7 Å². The van der Waals surface area contributed by atoms with Crippen LogP contribution in [0.25, 0.3) is 0 Å². The van der Waals surface area contributed by atoms with Crippen molar-refractivity contribution in [3.63, 3.8) is 0 Å². The second-order valence-corrected chi connectivity index (χ2v) is 6.74. The monoisotopic (exact) mass is 366 g/mol. The molecule has 0 spiro atoms. The van der Waals surface area contributed by atoms with Crippen molar-refractivity contribution in [3.05, 3.63) is 28.8 Å². The van der Waals surface area contributed by atoms with E-state index in [0.29, 0.717) is 22.8 Å². The highest BCUT2D eigenvalue weighted by Crippen LogP contribution is 2.24. The van der Waals surface area contributed by atoms with Crippen molar-refractivity contribution >= 4 is 35.1 Å². The van der Waals surface area contributed by atoms with Gasteiger partial charge in [0.2, 0.25) is 5.91 Å². The van der Waals surface area contributed by atoms with E-state index in [4.69, 9.17) is 17.3 Å². The Morgan fingerprint density at radius 3 is 2.68 bits per heavy atom. The minimum atomic E-state index is -0.421. The van der Waals surface area contributed by atoms with E-state index < -0.39 is 5.91 Å². The van der Waals surface area contributed by atoms with Crippen LogP contribution in [0.4, 0.5) is 10.5 Å². The first kappa shape index (κ1) is 19.1. The molecule has 2 rings (SSSR count). The van der Waals surface area contributed by atoms with Crippen LogP contribution in [0.2, 0.25) is 5.02 Å². The van der Waals surface area contributed by atoms with Gasteiger partial charge >= 0.3 is 6.03 Å². The van der Waals surface area contributed by atoms with E-state index in [1.54, 1.807) is 37.2 Å². The van der Waals surface area contributed by atoms with E-state index in [2.05, 4.69) is 5.32 Å². The van der Waals surface area contributed by atoms with Gasteiger partial charge in [-0.2, -0.15) is 0 Å². The summed E-state index contributed by atoms with van der Waals surface area (Å²) < 4.78 is 0. The molecule has 1 heterocycles. The van der Waals surface area contributed by atoms with Crippen LogP contribution >= 0.6 is 11.6 Å². The van der Waals surface area contributed by atoms with Crippen LogP contribution in [0.5, 0.6) is 0 Å². The molecule has 7 nitrogen and oxygen atoms in total. The Morgan fingerprint density at radius 1 is 1.32 bits per heavy atom. The molecule has 25 heavy (non-hydrogen) atoms. The standard InChI is InChI=1S/C17H23ClN4O3/c1-21(2)16(24)13-9-11(6-7-14(13)18)20-17(25)22-8-4-3-5-12(22)10-15(19)23/h6-7,9,12H,3-5,8,10H2,1-2H3,(H2,19,23)(H,20,25)/t12-/m1/s1. The number of nitrogens with zero attached hydrogens (tertiary/aromatic N) is 2. The topological polar surface area (TPSA) is 95.7 Å². The summed E-state index contributed by atoms with van der Waals surface area (Å²) >= 11 is 6.08. The Kier molecular flexibility index (Phi) is 6.25. The van der Waals surface area contributed by atoms with E-state index in [0.717, 1.165) is 19.3 Å². The number of halogens is 1. The van der Waals surface area contributed by atoms with E-state index >= 15 is 0 Å². The number of likely N-dealkylation sites (tertiary alicyclic amines) is 1. The number of rotatable bonds is 4. The largest absolute Gasteiger partial charge is 0.370 e. The predicted octanol–water partition coefficient (Wildman–Crippen LogP) is 2.30. The molecule has 1 saturated heterocycles. The van der Waals surface area contributed by atoms with Crippen LogP contribution in [0, 0.1) is 0 Å². The maximum atomic E-state index is 12.6. The fourth-order valence-electron chi connectivity index (χ4n) is 2.92. The van der Waals surface area contributed by atoms with Crippen molar-refractivity contribution in [3.8, 4) is 0 Å². The van der Waals surface area contributed by atoms with Crippen LogP contribution in [0.1, 0.15) is 36.0 Å². The van der Waals surface area contributed by atoms with Crippen LogP contribution < -0.4 is 11.1 Å². The Labute approximate surface area is 152 Å². The Balaban J connectivity index is 2.15. The lowest BCUT2D eigenvalue weighted by atomic mass is 9.99. The third-order valence-corrected chi connectivity index (χ3v) is 4.51. The number of primary amides is 1. The molecular formula is C17H23ClN4O3. The highest BCUT2D eigenvalue weighted by molar-refractivity contribution is 6.34. The summed E-state index contributed by atoms with van der Waals surface area (Å²) in [5.41, 5.74) is 6.07. The summed E-state index contributed by atoms with van der Waals surface area (Å²) in [7, 11) is 3.26. The molecule has 0 saturated carbocycles. The summed E-state index contributed by atoms with van der Waals surface area (Å²) in [5.74, 6) is -0.666. The van der Waals surface area contributed by atoms with Crippen molar-refractivity contribution in [1.29, 1.82) is 0 Å². The van der Waals surface area contributed by atoms with Gasteiger partial charge in [-0.25, -0.2) is 4.79 Å².